The van der Waals surface area contributed by atoms with Gasteiger partial charge in [0.05, 0.1) is 11.4 Å². The molecule has 2 aromatic rings. The Kier molecular flexibility index (Phi) is 3.30. The molecule has 0 saturated heterocycles. The van der Waals surface area contributed by atoms with Crippen molar-refractivity contribution in [1.29, 1.82) is 0 Å². The van der Waals surface area contributed by atoms with E-state index < -0.39 is 0 Å². The van der Waals surface area contributed by atoms with Gasteiger partial charge in [0.15, 0.2) is 0 Å². The monoisotopic (exact) mass is 259 g/mol. The first kappa shape index (κ1) is 13.5. The molecular weight excluding hydrogens is 238 g/mol. The van der Waals surface area contributed by atoms with Crippen LogP contribution in [0.2, 0.25) is 0 Å². The highest BCUT2D eigenvalue weighted by Gasteiger charge is 2.21. The minimum absolute atomic E-state index is 0.131. The summed E-state index contributed by atoms with van der Waals surface area (Å²) in [4.78, 5) is 9.11. The zero-order chi connectivity index (χ0) is 14.2. The van der Waals surface area contributed by atoms with Gasteiger partial charge in [0.1, 0.15) is 11.6 Å². The molecule has 0 radical (unpaired) electrons. The van der Waals surface area contributed by atoms with Crippen LogP contribution in [0.1, 0.15) is 39.1 Å². The van der Waals surface area contributed by atoms with Crippen molar-refractivity contribution in [2.24, 2.45) is 0 Å². The third-order valence-corrected chi connectivity index (χ3v) is 3.11. The number of rotatable bonds is 2. The molecular formula is C14H21N5. The van der Waals surface area contributed by atoms with Crippen LogP contribution in [0, 0.1) is 6.92 Å². The average Bonchev–Trinajstić information content (AvgIpc) is 2.79. The third kappa shape index (κ3) is 2.45. The van der Waals surface area contributed by atoms with Crippen molar-refractivity contribution in [3.05, 3.63) is 23.7 Å². The second-order valence-corrected chi connectivity index (χ2v) is 5.69. The first-order valence-corrected chi connectivity index (χ1v) is 6.51. The minimum Gasteiger partial charge on any atom is -0.383 e. The normalized spacial score (nSPS) is 11.8. The maximum Gasteiger partial charge on any atom is 0.136 e. The molecule has 0 aliphatic carbocycles. The highest BCUT2D eigenvalue weighted by Crippen LogP contribution is 2.28. The minimum atomic E-state index is -0.131. The highest BCUT2D eigenvalue weighted by molar-refractivity contribution is 5.64. The van der Waals surface area contributed by atoms with Crippen LogP contribution in [0.5, 0.6) is 0 Å². The van der Waals surface area contributed by atoms with Gasteiger partial charge in [-0.15, -0.1) is 0 Å². The van der Waals surface area contributed by atoms with Crippen LogP contribution in [0.15, 0.2) is 12.3 Å². The van der Waals surface area contributed by atoms with E-state index in [4.69, 9.17) is 10.7 Å². The topological polar surface area (TPSA) is 69.6 Å². The Labute approximate surface area is 113 Å². The lowest BCUT2D eigenvalue weighted by atomic mass is 9.95. The lowest BCUT2D eigenvalue weighted by Crippen LogP contribution is -2.19. The predicted molar refractivity (Wildman–Crippen MR) is 76.8 cm³/mol. The van der Waals surface area contributed by atoms with Gasteiger partial charge in [-0.2, -0.15) is 5.10 Å². The Morgan fingerprint density at radius 3 is 2.53 bits per heavy atom. The fourth-order valence-electron chi connectivity index (χ4n) is 1.90. The van der Waals surface area contributed by atoms with Crippen molar-refractivity contribution >= 4 is 5.82 Å². The van der Waals surface area contributed by atoms with Gasteiger partial charge in [-0.05, 0) is 19.9 Å². The van der Waals surface area contributed by atoms with Gasteiger partial charge >= 0.3 is 0 Å². The third-order valence-electron chi connectivity index (χ3n) is 3.11. The summed E-state index contributed by atoms with van der Waals surface area (Å²) < 4.78 is 1.92. The van der Waals surface area contributed by atoms with E-state index in [1.807, 2.05) is 17.7 Å². The van der Waals surface area contributed by atoms with Crippen molar-refractivity contribution in [1.82, 2.24) is 19.7 Å². The molecule has 2 N–H and O–H groups in total. The van der Waals surface area contributed by atoms with Crippen LogP contribution in [0.4, 0.5) is 5.82 Å². The zero-order valence-electron chi connectivity index (χ0n) is 12.2. The number of hydrogen-bond acceptors (Lipinski definition) is 4. The summed E-state index contributed by atoms with van der Waals surface area (Å²) in [5.41, 5.74) is 8.67. The molecule has 0 aliphatic heterocycles. The van der Waals surface area contributed by atoms with Gasteiger partial charge in [0.25, 0.3) is 0 Å². The van der Waals surface area contributed by atoms with E-state index >= 15 is 0 Å². The Morgan fingerprint density at radius 2 is 1.95 bits per heavy atom. The molecule has 0 unspecified atom stereocenters. The van der Waals surface area contributed by atoms with E-state index in [1.54, 1.807) is 6.20 Å². The van der Waals surface area contributed by atoms with Gasteiger partial charge in [-0.1, -0.05) is 20.8 Å². The van der Waals surface area contributed by atoms with E-state index in [9.17, 15) is 0 Å². The number of nitrogens with zero attached hydrogens (tertiary/aromatic N) is 4. The summed E-state index contributed by atoms with van der Waals surface area (Å²) in [6, 6.07) is 1.96. The van der Waals surface area contributed by atoms with Crippen molar-refractivity contribution < 1.29 is 0 Å². The van der Waals surface area contributed by atoms with Crippen molar-refractivity contribution in [2.45, 2.75) is 46.6 Å². The Balaban J connectivity index is 2.66. The van der Waals surface area contributed by atoms with Crippen LogP contribution in [0.3, 0.4) is 0 Å². The van der Waals surface area contributed by atoms with Crippen LogP contribution in [0.25, 0.3) is 11.4 Å². The van der Waals surface area contributed by atoms with Gasteiger partial charge in [-0.3, -0.25) is 4.68 Å². The van der Waals surface area contributed by atoms with Gasteiger partial charge in [0.2, 0.25) is 0 Å². The van der Waals surface area contributed by atoms with Gasteiger partial charge < -0.3 is 5.73 Å². The molecule has 0 saturated carbocycles. The second kappa shape index (κ2) is 4.64. The first-order chi connectivity index (χ1) is 8.84. The molecule has 0 spiro atoms. The lowest BCUT2D eigenvalue weighted by Gasteiger charge is -2.19. The molecule has 0 amide bonds. The number of aryl methyl sites for hydroxylation is 1. The SMILES string of the molecule is CCn1nccc1-c1nc(C(C)(C)C)nc(N)c1C. The molecule has 0 aliphatic rings. The van der Waals surface area contributed by atoms with E-state index in [1.165, 1.54) is 0 Å². The molecule has 0 atom stereocenters. The van der Waals surface area contributed by atoms with E-state index in [0.717, 1.165) is 29.3 Å². The van der Waals surface area contributed by atoms with Crippen LogP contribution >= 0.6 is 0 Å². The number of aromatic nitrogens is 4. The summed E-state index contributed by atoms with van der Waals surface area (Å²) in [7, 11) is 0. The van der Waals surface area contributed by atoms with Crippen molar-refractivity contribution in [3.8, 4) is 11.4 Å². The number of nitrogen functional groups attached to an aromatic ring is 1. The summed E-state index contributed by atoms with van der Waals surface area (Å²) >= 11 is 0. The number of hydrogen-bond donors (Lipinski definition) is 1. The lowest BCUT2D eigenvalue weighted by molar-refractivity contribution is 0.545. The quantitative estimate of drug-likeness (QED) is 0.899. The summed E-state index contributed by atoms with van der Waals surface area (Å²) in [5, 5.41) is 4.29. The smallest absolute Gasteiger partial charge is 0.136 e. The summed E-state index contributed by atoms with van der Waals surface area (Å²) in [5.74, 6) is 1.30. The van der Waals surface area contributed by atoms with Crippen LogP contribution in [-0.4, -0.2) is 19.7 Å². The summed E-state index contributed by atoms with van der Waals surface area (Å²) in [6.07, 6.45) is 1.79. The zero-order valence-corrected chi connectivity index (χ0v) is 12.2. The molecule has 2 heterocycles. The Bertz CT molecular complexity index is 592. The molecule has 0 aromatic carbocycles. The fourth-order valence-corrected chi connectivity index (χ4v) is 1.90. The van der Waals surface area contributed by atoms with E-state index in [0.29, 0.717) is 5.82 Å². The molecule has 2 aromatic heterocycles. The van der Waals surface area contributed by atoms with E-state index in [2.05, 4.69) is 37.8 Å². The average molecular weight is 259 g/mol. The van der Waals surface area contributed by atoms with Gasteiger partial charge in [0, 0.05) is 23.7 Å². The van der Waals surface area contributed by atoms with Crippen LogP contribution in [-0.2, 0) is 12.0 Å². The predicted octanol–water partition coefficient (Wildman–Crippen LogP) is 2.55. The Morgan fingerprint density at radius 1 is 1.26 bits per heavy atom. The largest absolute Gasteiger partial charge is 0.383 e. The highest BCUT2D eigenvalue weighted by atomic mass is 15.3. The fraction of sp³-hybridized carbons (Fsp3) is 0.500. The molecule has 2 rings (SSSR count). The van der Waals surface area contributed by atoms with Gasteiger partial charge in [-0.25, -0.2) is 9.97 Å². The molecule has 0 bridgehead atoms. The molecule has 102 valence electrons. The van der Waals surface area contributed by atoms with Crippen molar-refractivity contribution in [2.75, 3.05) is 5.73 Å². The maximum absolute atomic E-state index is 6.03. The van der Waals surface area contributed by atoms with E-state index in [-0.39, 0.29) is 5.41 Å². The molecule has 5 nitrogen and oxygen atoms in total. The molecule has 19 heavy (non-hydrogen) atoms. The van der Waals surface area contributed by atoms with Crippen LogP contribution < -0.4 is 5.73 Å². The van der Waals surface area contributed by atoms with Crippen molar-refractivity contribution in [3.63, 3.8) is 0 Å². The number of anilines is 1. The number of nitrogens with two attached hydrogens (primary N) is 1. The first-order valence-electron chi connectivity index (χ1n) is 6.51. The standard InChI is InChI=1S/C14H21N5/c1-6-19-10(7-8-16-19)11-9(2)12(15)18-13(17-11)14(3,4)5/h7-8H,6H2,1-5H3,(H2,15,17,18). The Hall–Kier alpha value is -1.91. The maximum atomic E-state index is 6.03. The second-order valence-electron chi connectivity index (χ2n) is 5.69. The molecule has 0 fully saturated rings. The summed E-state index contributed by atoms with van der Waals surface area (Å²) in [6.45, 7) is 11.1. The molecule has 5 heteroatoms.